The van der Waals surface area contributed by atoms with Gasteiger partial charge in [0.2, 0.25) is 0 Å². The Labute approximate surface area is 92.1 Å². The number of hydrogen-bond donors (Lipinski definition) is 1. The highest BCUT2D eigenvalue weighted by molar-refractivity contribution is 8.01. The first-order chi connectivity index (χ1) is 6.95. The van der Waals surface area contributed by atoms with Gasteiger partial charge in [-0.15, -0.1) is 10.2 Å². The monoisotopic (exact) mass is 230 g/mol. The van der Waals surface area contributed by atoms with Gasteiger partial charge in [0.15, 0.2) is 4.34 Å². The van der Waals surface area contributed by atoms with Crippen molar-refractivity contribution in [2.24, 2.45) is 0 Å². The first-order valence-electron chi connectivity index (χ1n) is 4.77. The minimum Gasteiger partial charge on any atom is -0.314 e. The van der Waals surface area contributed by atoms with Crippen LogP contribution in [0.5, 0.6) is 0 Å². The first kappa shape index (κ1) is 10.4. The van der Waals surface area contributed by atoms with E-state index in [2.05, 4.69) is 20.4 Å². The van der Waals surface area contributed by atoms with Gasteiger partial charge in [-0.25, -0.2) is 0 Å². The summed E-state index contributed by atoms with van der Waals surface area (Å²) in [5, 5.41) is 11.2. The topological polar surface area (TPSA) is 41.1 Å². The summed E-state index contributed by atoms with van der Waals surface area (Å²) >= 11 is 3.42. The SMILES string of the molecule is c1nnc(SCCN2CCNCC2)s1. The Kier molecular flexibility index (Phi) is 4.18. The third-order valence-corrected chi connectivity index (χ3v) is 4.02. The van der Waals surface area contributed by atoms with Crippen molar-refractivity contribution in [1.29, 1.82) is 0 Å². The van der Waals surface area contributed by atoms with Crippen LogP contribution >= 0.6 is 23.1 Å². The van der Waals surface area contributed by atoms with E-state index in [9.17, 15) is 0 Å². The summed E-state index contributed by atoms with van der Waals surface area (Å²) in [6.07, 6.45) is 0. The molecule has 6 heteroatoms. The van der Waals surface area contributed by atoms with Crippen molar-refractivity contribution in [3.63, 3.8) is 0 Å². The van der Waals surface area contributed by atoms with Gasteiger partial charge in [-0.2, -0.15) is 0 Å². The number of nitrogens with zero attached hydrogens (tertiary/aromatic N) is 3. The zero-order chi connectivity index (χ0) is 9.64. The molecule has 2 rings (SSSR count). The van der Waals surface area contributed by atoms with E-state index in [4.69, 9.17) is 0 Å². The third kappa shape index (κ3) is 3.20. The summed E-state index contributed by atoms with van der Waals surface area (Å²) in [6.45, 7) is 5.77. The second-order valence-electron chi connectivity index (χ2n) is 3.14. The van der Waals surface area contributed by atoms with E-state index in [0.717, 1.165) is 29.7 Å². The molecule has 78 valence electrons. The molecule has 1 aliphatic heterocycles. The molecule has 0 spiro atoms. The van der Waals surface area contributed by atoms with E-state index >= 15 is 0 Å². The summed E-state index contributed by atoms with van der Waals surface area (Å²) < 4.78 is 1.08. The Morgan fingerprint density at radius 3 is 3.07 bits per heavy atom. The molecule has 1 fully saturated rings. The highest BCUT2D eigenvalue weighted by atomic mass is 32.2. The fraction of sp³-hybridized carbons (Fsp3) is 0.750. The first-order valence-corrected chi connectivity index (χ1v) is 6.64. The van der Waals surface area contributed by atoms with Crippen molar-refractivity contribution in [1.82, 2.24) is 20.4 Å². The third-order valence-electron chi connectivity index (χ3n) is 2.18. The highest BCUT2D eigenvalue weighted by Gasteiger charge is 2.08. The van der Waals surface area contributed by atoms with E-state index in [1.54, 1.807) is 28.6 Å². The van der Waals surface area contributed by atoms with Crippen LogP contribution in [0.1, 0.15) is 0 Å². The average molecular weight is 230 g/mol. The number of rotatable bonds is 4. The molecule has 2 heterocycles. The van der Waals surface area contributed by atoms with Crippen LogP contribution in [0.4, 0.5) is 0 Å². The molecule has 0 aromatic carbocycles. The second kappa shape index (κ2) is 5.65. The molecule has 14 heavy (non-hydrogen) atoms. The van der Waals surface area contributed by atoms with E-state index in [0.29, 0.717) is 0 Å². The van der Waals surface area contributed by atoms with Crippen LogP contribution in [-0.2, 0) is 0 Å². The number of thioether (sulfide) groups is 1. The fourth-order valence-corrected chi connectivity index (χ4v) is 2.98. The standard InChI is InChI=1S/C8H14N4S2/c1-3-12(4-2-9-1)5-6-13-8-11-10-7-14-8/h7,9H,1-6H2. The van der Waals surface area contributed by atoms with Crippen molar-refractivity contribution < 1.29 is 0 Å². The van der Waals surface area contributed by atoms with Gasteiger partial charge in [-0.3, -0.25) is 4.90 Å². The molecule has 1 aromatic rings. The summed E-state index contributed by atoms with van der Waals surface area (Å²) in [7, 11) is 0. The molecule has 0 bridgehead atoms. The summed E-state index contributed by atoms with van der Waals surface area (Å²) in [5.41, 5.74) is 1.78. The smallest absolute Gasteiger partial charge is 0.174 e. The van der Waals surface area contributed by atoms with Crippen molar-refractivity contribution in [2.45, 2.75) is 4.34 Å². The predicted molar refractivity (Wildman–Crippen MR) is 59.9 cm³/mol. The second-order valence-corrected chi connectivity index (χ2v) is 5.32. The number of hydrogen-bond acceptors (Lipinski definition) is 6. The molecule has 1 N–H and O–H groups in total. The lowest BCUT2D eigenvalue weighted by molar-refractivity contribution is 0.255. The Morgan fingerprint density at radius 2 is 2.36 bits per heavy atom. The Hall–Kier alpha value is -0.170. The maximum atomic E-state index is 4.00. The van der Waals surface area contributed by atoms with Crippen molar-refractivity contribution >= 4 is 23.1 Å². The van der Waals surface area contributed by atoms with E-state index < -0.39 is 0 Å². The number of piperazine rings is 1. The molecular formula is C8H14N4S2. The molecule has 0 radical (unpaired) electrons. The van der Waals surface area contributed by atoms with Gasteiger partial charge < -0.3 is 5.32 Å². The maximum Gasteiger partial charge on any atom is 0.174 e. The molecule has 0 aliphatic carbocycles. The molecule has 0 atom stereocenters. The minimum atomic E-state index is 1.08. The van der Waals surface area contributed by atoms with Gasteiger partial charge in [0, 0.05) is 38.5 Å². The molecule has 4 nitrogen and oxygen atoms in total. The number of aromatic nitrogens is 2. The van der Waals surface area contributed by atoms with Gasteiger partial charge in [-0.05, 0) is 0 Å². The summed E-state index contributed by atoms with van der Waals surface area (Å²) in [4.78, 5) is 2.49. The molecule has 1 saturated heterocycles. The molecular weight excluding hydrogens is 216 g/mol. The molecule has 0 unspecified atom stereocenters. The molecule has 0 saturated carbocycles. The Morgan fingerprint density at radius 1 is 1.50 bits per heavy atom. The van der Waals surface area contributed by atoms with E-state index in [1.165, 1.54) is 13.1 Å². The van der Waals surface area contributed by atoms with Gasteiger partial charge in [0.05, 0.1) is 0 Å². The van der Waals surface area contributed by atoms with Gasteiger partial charge in [0.25, 0.3) is 0 Å². The van der Waals surface area contributed by atoms with E-state index in [1.807, 2.05) is 0 Å². The van der Waals surface area contributed by atoms with Crippen LogP contribution in [-0.4, -0.2) is 53.6 Å². The predicted octanol–water partition coefficient (Wildman–Crippen LogP) is 0.535. The summed E-state index contributed by atoms with van der Waals surface area (Å²) in [5.74, 6) is 1.12. The lowest BCUT2D eigenvalue weighted by Gasteiger charge is -2.26. The lowest BCUT2D eigenvalue weighted by atomic mass is 10.4. The Bertz CT molecular complexity index is 246. The zero-order valence-electron chi connectivity index (χ0n) is 7.98. The maximum absolute atomic E-state index is 4.00. The molecule has 1 aromatic heterocycles. The van der Waals surface area contributed by atoms with Crippen LogP contribution in [0.15, 0.2) is 9.85 Å². The van der Waals surface area contributed by atoms with Crippen molar-refractivity contribution in [3.05, 3.63) is 5.51 Å². The van der Waals surface area contributed by atoms with E-state index in [-0.39, 0.29) is 0 Å². The highest BCUT2D eigenvalue weighted by Crippen LogP contribution is 2.18. The van der Waals surface area contributed by atoms with Gasteiger partial charge in [-0.1, -0.05) is 23.1 Å². The minimum absolute atomic E-state index is 1.08. The van der Waals surface area contributed by atoms with Gasteiger partial charge >= 0.3 is 0 Å². The largest absolute Gasteiger partial charge is 0.314 e. The van der Waals surface area contributed by atoms with Crippen molar-refractivity contribution in [3.8, 4) is 0 Å². The van der Waals surface area contributed by atoms with Crippen LogP contribution < -0.4 is 5.32 Å². The average Bonchev–Trinajstić information content (AvgIpc) is 2.72. The van der Waals surface area contributed by atoms with Crippen molar-refractivity contribution in [2.75, 3.05) is 38.5 Å². The van der Waals surface area contributed by atoms with Crippen LogP contribution in [0.25, 0.3) is 0 Å². The quantitative estimate of drug-likeness (QED) is 0.764. The fourth-order valence-electron chi connectivity index (χ4n) is 1.42. The summed E-state index contributed by atoms with van der Waals surface area (Å²) in [6, 6.07) is 0. The Balaban J connectivity index is 1.62. The zero-order valence-corrected chi connectivity index (χ0v) is 9.61. The molecule has 0 amide bonds. The number of nitrogens with one attached hydrogen (secondary N) is 1. The van der Waals surface area contributed by atoms with Crippen LogP contribution in [0.2, 0.25) is 0 Å². The van der Waals surface area contributed by atoms with Crippen LogP contribution in [0.3, 0.4) is 0 Å². The normalized spacial score (nSPS) is 18.6. The molecule has 1 aliphatic rings. The lowest BCUT2D eigenvalue weighted by Crippen LogP contribution is -2.44. The van der Waals surface area contributed by atoms with Crippen LogP contribution in [0, 0.1) is 0 Å². The van der Waals surface area contributed by atoms with Gasteiger partial charge in [0.1, 0.15) is 5.51 Å².